The molecule has 0 radical (unpaired) electrons. The molecular weight excluding hydrogens is 470 g/mol. The smallest absolute Gasteiger partial charge is 0.0849 e. The molecule has 4 atom stereocenters. The summed E-state index contributed by atoms with van der Waals surface area (Å²) in [4.78, 5) is 5.47. The molecule has 4 aromatic carbocycles. The highest BCUT2D eigenvalue weighted by Crippen LogP contribution is 2.49. The summed E-state index contributed by atoms with van der Waals surface area (Å²) in [6.45, 7) is 0. The second kappa shape index (κ2) is 9.25. The molecule has 0 fully saturated rings. The highest BCUT2D eigenvalue weighted by atomic mass is 32.2. The number of hydrogen-bond acceptors (Lipinski definition) is 3. The van der Waals surface area contributed by atoms with E-state index in [0.717, 1.165) is 36.5 Å². The largest absolute Gasteiger partial charge is 0.333 e. The fraction of sp³-hybridized carbons (Fsp3) is 0.0667. The van der Waals surface area contributed by atoms with Crippen molar-refractivity contribution in [2.75, 3.05) is 4.90 Å². The Hall–Kier alpha value is -3.54. The Bertz CT molecular complexity index is 1480. The van der Waals surface area contributed by atoms with E-state index >= 15 is 0 Å². The number of benzene rings is 4. The van der Waals surface area contributed by atoms with E-state index in [9.17, 15) is 8.42 Å². The fourth-order valence-corrected chi connectivity index (χ4v) is 7.09. The number of anilines is 2. The summed E-state index contributed by atoms with van der Waals surface area (Å²) in [6.07, 6.45) is 6.28. The van der Waals surface area contributed by atoms with Gasteiger partial charge < -0.3 is 4.90 Å². The highest BCUT2D eigenvalue weighted by Gasteiger charge is 2.39. The molecule has 5 heteroatoms. The normalized spacial score (nSPS) is 20.0. The lowest BCUT2D eigenvalue weighted by molar-refractivity contribution is 0.682. The Morgan fingerprint density at radius 3 is 1.89 bits per heavy atom. The second-order valence-electron chi connectivity index (χ2n) is 8.53. The molecule has 3 nitrogen and oxygen atoms in total. The van der Waals surface area contributed by atoms with E-state index in [4.69, 9.17) is 0 Å². The van der Waals surface area contributed by atoms with E-state index in [2.05, 4.69) is 41.3 Å². The zero-order chi connectivity index (χ0) is 23.8. The lowest BCUT2D eigenvalue weighted by Crippen LogP contribution is -2.29. The van der Waals surface area contributed by atoms with Crippen molar-refractivity contribution < 1.29 is 8.42 Å². The van der Waals surface area contributed by atoms with Crippen molar-refractivity contribution in [1.82, 2.24) is 0 Å². The first-order valence-corrected chi connectivity index (χ1v) is 13.8. The zero-order valence-corrected chi connectivity index (χ0v) is 20.5. The summed E-state index contributed by atoms with van der Waals surface area (Å²) < 4.78 is 26.7. The van der Waals surface area contributed by atoms with Gasteiger partial charge >= 0.3 is 0 Å². The van der Waals surface area contributed by atoms with Crippen LogP contribution in [-0.2, 0) is 21.6 Å². The Labute approximate surface area is 210 Å². The molecule has 1 aliphatic heterocycles. The maximum Gasteiger partial charge on any atom is 0.0849 e. The molecule has 172 valence electrons. The minimum atomic E-state index is -1.27. The van der Waals surface area contributed by atoms with Gasteiger partial charge in [0.15, 0.2) is 0 Å². The van der Waals surface area contributed by atoms with Gasteiger partial charge in [-0.1, -0.05) is 66.7 Å². The van der Waals surface area contributed by atoms with Gasteiger partial charge in [0.05, 0.1) is 27.6 Å². The van der Waals surface area contributed by atoms with Gasteiger partial charge in [-0.2, -0.15) is 0 Å². The number of allylic oxidation sites excluding steroid dienone is 1. The van der Waals surface area contributed by atoms with E-state index in [1.807, 2.05) is 91.0 Å². The number of rotatable bonds is 5. The maximum atomic E-state index is 13.3. The van der Waals surface area contributed by atoms with E-state index in [1.54, 1.807) is 0 Å². The van der Waals surface area contributed by atoms with Gasteiger partial charge in [0.1, 0.15) is 0 Å². The number of para-hydroxylation sites is 1. The predicted octanol–water partition coefficient (Wildman–Crippen LogP) is 6.72. The average Bonchev–Trinajstić information content (AvgIpc) is 3.26. The molecule has 1 heterocycles. The van der Waals surface area contributed by atoms with Crippen molar-refractivity contribution in [2.45, 2.75) is 26.6 Å². The highest BCUT2D eigenvalue weighted by molar-refractivity contribution is 7.89. The molecule has 0 bridgehead atoms. The van der Waals surface area contributed by atoms with Crippen LogP contribution in [0.3, 0.4) is 0 Å². The van der Waals surface area contributed by atoms with Crippen LogP contribution in [0.5, 0.6) is 0 Å². The summed E-state index contributed by atoms with van der Waals surface area (Å²) in [6, 6.07) is 35.6. The molecule has 6 rings (SSSR count). The van der Waals surface area contributed by atoms with Crippen molar-refractivity contribution in [3.05, 3.63) is 138 Å². The third-order valence-corrected chi connectivity index (χ3v) is 9.25. The van der Waals surface area contributed by atoms with Gasteiger partial charge in [0, 0.05) is 36.9 Å². The minimum Gasteiger partial charge on any atom is -0.333 e. The summed E-state index contributed by atoms with van der Waals surface area (Å²) in [5.74, 6) is 0.00518. The zero-order valence-electron chi connectivity index (χ0n) is 18.9. The lowest BCUT2D eigenvalue weighted by atomic mass is 9.91. The number of nitrogens with zero attached hydrogens (tertiary/aromatic N) is 1. The van der Waals surface area contributed by atoms with Crippen molar-refractivity contribution in [1.29, 1.82) is 0 Å². The van der Waals surface area contributed by atoms with Crippen LogP contribution < -0.4 is 4.90 Å². The van der Waals surface area contributed by atoms with Gasteiger partial charge in [0.2, 0.25) is 0 Å². The Morgan fingerprint density at radius 2 is 1.23 bits per heavy atom. The first kappa shape index (κ1) is 22.0. The van der Waals surface area contributed by atoms with Crippen LogP contribution in [-0.4, -0.2) is 14.5 Å². The Morgan fingerprint density at radius 1 is 0.629 bits per heavy atom. The quantitative estimate of drug-likeness (QED) is 0.310. The van der Waals surface area contributed by atoms with Gasteiger partial charge in [-0.15, -0.1) is 0 Å². The molecule has 0 saturated heterocycles. The molecule has 2 aliphatic rings. The van der Waals surface area contributed by atoms with Gasteiger partial charge in [-0.25, -0.2) is 8.42 Å². The Kier molecular flexibility index (Phi) is 5.80. The molecular formula is C30H23NO2S2. The summed E-state index contributed by atoms with van der Waals surface area (Å²) in [5.41, 5.74) is 3.30. The van der Waals surface area contributed by atoms with Crippen LogP contribution in [0.2, 0.25) is 0 Å². The molecule has 0 N–H and O–H groups in total. The van der Waals surface area contributed by atoms with E-state index in [0.29, 0.717) is 0 Å². The van der Waals surface area contributed by atoms with E-state index in [-0.39, 0.29) is 12.0 Å². The molecule has 0 aromatic heterocycles. The fourth-order valence-electron chi connectivity index (χ4n) is 4.84. The SMILES string of the molecule is O=S(C1=CC2c3cc(S(=O)c4ccccc4)ccc3N(c3ccccc3)C2C=C1)c1ccccc1. The molecule has 0 saturated carbocycles. The first-order valence-electron chi connectivity index (χ1n) is 11.5. The van der Waals surface area contributed by atoms with Gasteiger partial charge in [-0.05, 0) is 66.2 Å². The summed E-state index contributed by atoms with van der Waals surface area (Å²) in [7, 11) is -2.53. The van der Waals surface area contributed by atoms with Crippen LogP contribution in [0, 0.1) is 0 Å². The summed E-state index contributed by atoms with van der Waals surface area (Å²) >= 11 is 0. The lowest BCUT2D eigenvalue weighted by Gasteiger charge is -2.29. The second-order valence-corrected chi connectivity index (χ2v) is 11.5. The van der Waals surface area contributed by atoms with Crippen LogP contribution in [0.25, 0.3) is 0 Å². The van der Waals surface area contributed by atoms with Gasteiger partial charge in [-0.3, -0.25) is 0 Å². The van der Waals surface area contributed by atoms with E-state index < -0.39 is 21.6 Å². The number of fused-ring (bicyclic) bond motifs is 3. The third-order valence-electron chi connectivity index (χ3n) is 6.46. The monoisotopic (exact) mass is 493 g/mol. The average molecular weight is 494 g/mol. The third kappa shape index (κ3) is 4.01. The standard InChI is InChI=1S/C30H23NO2S2/c32-34(23-12-6-2-7-13-23)25-16-18-29-27(20-25)28-21-26(35(33)24-14-8-3-9-15-24)17-19-30(28)31(29)22-10-4-1-5-11-22/h1-21,27,29H. The summed E-state index contributed by atoms with van der Waals surface area (Å²) in [5, 5.41) is 0. The number of hydrogen-bond donors (Lipinski definition) is 0. The van der Waals surface area contributed by atoms with Crippen LogP contribution >= 0.6 is 0 Å². The molecule has 0 spiro atoms. The van der Waals surface area contributed by atoms with Crippen LogP contribution in [0.4, 0.5) is 11.4 Å². The van der Waals surface area contributed by atoms with E-state index in [1.165, 1.54) is 0 Å². The molecule has 0 amide bonds. The minimum absolute atomic E-state index is 0.00518. The van der Waals surface area contributed by atoms with Gasteiger partial charge in [0.25, 0.3) is 0 Å². The van der Waals surface area contributed by atoms with Crippen molar-refractivity contribution in [3.63, 3.8) is 0 Å². The molecule has 4 unspecified atom stereocenters. The van der Waals surface area contributed by atoms with Crippen molar-refractivity contribution in [3.8, 4) is 0 Å². The maximum absolute atomic E-state index is 13.3. The van der Waals surface area contributed by atoms with Crippen LogP contribution in [0.15, 0.2) is 147 Å². The molecule has 4 aromatic rings. The van der Waals surface area contributed by atoms with Crippen LogP contribution in [0.1, 0.15) is 11.5 Å². The first-order chi connectivity index (χ1) is 17.2. The molecule has 35 heavy (non-hydrogen) atoms. The predicted molar refractivity (Wildman–Crippen MR) is 143 cm³/mol. The Balaban J connectivity index is 1.45. The van der Waals surface area contributed by atoms with Crippen molar-refractivity contribution in [2.24, 2.45) is 0 Å². The van der Waals surface area contributed by atoms with Crippen molar-refractivity contribution >= 4 is 33.0 Å². The topological polar surface area (TPSA) is 37.4 Å². The molecule has 1 aliphatic carbocycles.